The van der Waals surface area contributed by atoms with Gasteiger partial charge in [-0.15, -0.1) is 0 Å². The van der Waals surface area contributed by atoms with Crippen LogP contribution in [-0.4, -0.2) is 30.1 Å². The molecule has 1 saturated heterocycles. The molecule has 1 aliphatic heterocycles. The standard InChI is InChI=1S/C18H27NO2/c1-3-8-17-11-16(12-18(20)21-4-2)14-19(17)13-15-9-6-5-7-10-15/h5-7,9-10,16-17H,3-4,8,11-14H2,1-2H3. The number of benzene rings is 1. The Morgan fingerprint density at radius 1 is 1.29 bits per heavy atom. The van der Waals surface area contributed by atoms with Crippen molar-refractivity contribution in [3.8, 4) is 0 Å². The maximum atomic E-state index is 11.7. The van der Waals surface area contributed by atoms with Crippen molar-refractivity contribution in [3.05, 3.63) is 35.9 Å². The summed E-state index contributed by atoms with van der Waals surface area (Å²) in [6.45, 7) is 6.59. The summed E-state index contributed by atoms with van der Waals surface area (Å²) >= 11 is 0. The van der Waals surface area contributed by atoms with Crippen LogP contribution in [0.3, 0.4) is 0 Å². The fraction of sp³-hybridized carbons (Fsp3) is 0.611. The van der Waals surface area contributed by atoms with Gasteiger partial charge in [0, 0.05) is 25.6 Å². The number of rotatable bonds is 7. The summed E-state index contributed by atoms with van der Waals surface area (Å²) in [7, 11) is 0. The molecule has 116 valence electrons. The zero-order valence-corrected chi connectivity index (χ0v) is 13.3. The van der Waals surface area contributed by atoms with Crippen LogP contribution in [0.2, 0.25) is 0 Å². The van der Waals surface area contributed by atoms with Gasteiger partial charge in [0.05, 0.1) is 6.61 Å². The molecule has 1 aliphatic rings. The van der Waals surface area contributed by atoms with Gasteiger partial charge in [0.2, 0.25) is 0 Å². The third kappa shape index (κ3) is 4.85. The molecule has 2 unspecified atom stereocenters. The van der Waals surface area contributed by atoms with Crippen molar-refractivity contribution in [2.75, 3.05) is 13.2 Å². The smallest absolute Gasteiger partial charge is 0.306 e. The maximum absolute atomic E-state index is 11.7. The number of carbonyl (C=O) groups is 1. The van der Waals surface area contributed by atoms with Gasteiger partial charge >= 0.3 is 5.97 Å². The summed E-state index contributed by atoms with van der Waals surface area (Å²) < 4.78 is 5.10. The molecule has 0 bridgehead atoms. The first-order chi connectivity index (χ1) is 10.2. The van der Waals surface area contributed by atoms with Crippen molar-refractivity contribution >= 4 is 5.97 Å². The van der Waals surface area contributed by atoms with E-state index in [9.17, 15) is 4.79 Å². The fourth-order valence-electron chi connectivity index (χ4n) is 3.34. The first-order valence-corrected chi connectivity index (χ1v) is 8.16. The highest BCUT2D eigenvalue weighted by Crippen LogP contribution is 2.30. The lowest BCUT2D eigenvalue weighted by Gasteiger charge is -2.24. The lowest BCUT2D eigenvalue weighted by Crippen LogP contribution is -2.29. The van der Waals surface area contributed by atoms with Gasteiger partial charge in [-0.2, -0.15) is 0 Å². The van der Waals surface area contributed by atoms with E-state index in [-0.39, 0.29) is 5.97 Å². The molecule has 1 heterocycles. The van der Waals surface area contributed by atoms with E-state index in [0.29, 0.717) is 25.0 Å². The lowest BCUT2D eigenvalue weighted by atomic mass is 10.00. The molecule has 2 atom stereocenters. The van der Waals surface area contributed by atoms with Crippen molar-refractivity contribution in [1.29, 1.82) is 0 Å². The SMILES string of the molecule is CCCC1CC(CC(=O)OCC)CN1Cc1ccccc1. The van der Waals surface area contributed by atoms with Crippen molar-refractivity contribution < 1.29 is 9.53 Å². The maximum Gasteiger partial charge on any atom is 0.306 e. The Morgan fingerprint density at radius 2 is 2.05 bits per heavy atom. The van der Waals surface area contributed by atoms with Crippen molar-refractivity contribution in [2.45, 2.75) is 52.1 Å². The summed E-state index contributed by atoms with van der Waals surface area (Å²) in [4.78, 5) is 14.2. The van der Waals surface area contributed by atoms with E-state index in [1.54, 1.807) is 0 Å². The first-order valence-electron chi connectivity index (χ1n) is 8.16. The molecule has 1 aromatic rings. The largest absolute Gasteiger partial charge is 0.466 e. The topological polar surface area (TPSA) is 29.5 Å². The normalized spacial score (nSPS) is 22.4. The van der Waals surface area contributed by atoms with Gasteiger partial charge in [-0.3, -0.25) is 9.69 Å². The molecule has 1 aromatic carbocycles. The number of nitrogens with zero attached hydrogens (tertiary/aromatic N) is 1. The van der Waals surface area contributed by atoms with Crippen molar-refractivity contribution in [2.24, 2.45) is 5.92 Å². The molecule has 3 heteroatoms. The van der Waals surface area contributed by atoms with Gasteiger partial charge < -0.3 is 4.74 Å². The first kappa shape index (κ1) is 16.0. The third-order valence-electron chi connectivity index (χ3n) is 4.23. The van der Waals surface area contributed by atoms with Crippen molar-refractivity contribution in [3.63, 3.8) is 0 Å². The average Bonchev–Trinajstić information content (AvgIpc) is 2.82. The molecule has 0 amide bonds. The Labute approximate surface area is 128 Å². The van der Waals surface area contributed by atoms with Crippen molar-refractivity contribution in [1.82, 2.24) is 4.90 Å². The van der Waals surface area contributed by atoms with Crippen LogP contribution < -0.4 is 0 Å². The van der Waals surface area contributed by atoms with Crippen LogP contribution in [0.4, 0.5) is 0 Å². The molecule has 0 radical (unpaired) electrons. The minimum absolute atomic E-state index is 0.0423. The molecule has 0 N–H and O–H groups in total. The predicted molar refractivity (Wildman–Crippen MR) is 84.9 cm³/mol. The molecule has 21 heavy (non-hydrogen) atoms. The monoisotopic (exact) mass is 289 g/mol. The zero-order chi connectivity index (χ0) is 15.1. The van der Waals surface area contributed by atoms with E-state index < -0.39 is 0 Å². The van der Waals surface area contributed by atoms with Gasteiger partial charge in [-0.05, 0) is 31.2 Å². The number of likely N-dealkylation sites (tertiary alicyclic amines) is 1. The van der Waals surface area contributed by atoms with E-state index in [1.165, 1.54) is 18.4 Å². The summed E-state index contributed by atoms with van der Waals surface area (Å²) in [5.41, 5.74) is 1.36. The van der Waals surface area contributed by atoms with Gasteiger partial charge in [-0.1, -0.05) is 43.7 Å². The summed E-state index contributed by atoms with van der Waals surface area (Å²) in [6, 6.07) is 11.2. The van der Waals surface area contributed by atoms with Gasteiger partial charge in [0.1, 0.15) is 0 Å². The van der Waals surface area contributed by atoms with Crippen LogP contribution in [-0.2, 0) is 16.1 Å². The zero-order valence-electron chi connectivity index (χ0n) is 13.3. The Kier molecular flexibility index (Phi) is 6.24. The summed E-state index contributed by atoms with van der Waals surface area (Å²) in [5.74, 6) is 0.406. The van der Waals surface area contributed by atoms with Crippen LogP contribution in [0, 0.1) is 5.92 Å². The second kappa shape index (κ2) is 8.18. The minimum Gasteiger partial charge on any atom is -0.466 e. The molecular weight excluding hydrogens is 262 g/mol. The second-order valence-corrected chi connectivity index (χ2v) is 5.97. The number of hydrogen-bond donors (Lipinski definition) is 0. The molecular formula is C18H27NO2. The van der Waals surface area contributed by atoms with E-state index in [4.69, 9.17) is 4.74 Å². The van der Waals surface area contributed by atoms with Crippen LogP contribution >= 0.6 is 0 Å². The Bertz CT molecular complexity index is 432. The van der Waals surface area contributed by atoms with Gasteiger partial charge in [0.15, 0.2) is 0 Å². The molecule has 3 nitrogen and oxygen atoms in total. The second-order valence-electron chi connectivity index (χ2n) is 5.97. The number of carbonyl (C=O) groups excluding carboxylic acids is 1. The fourth-order valence-corrected chi connectivity index (χ4v) is 3.34. The van der Waals surface area contributed by atoms with E-state index in [0.717, 1.165) is 19.5 Å². The van der Waals surface area contributed by atoms with Crippen LogP contribution in [0.1, 0.15) is 45.1 Å². The average molecular weight is 289 g/mol. The highest BCUT2D eigenvalue weighted by atomic mass is 16.5. The number of ether oxygens (including phenoxy) is 1. The molecule has 1 fully saturated rings. The highest BCUT2D eigenvalue weighted by molar-refractivity contribution is 5.69. The van der Waals surface area contributed by atoms with Crippen LogP contribution in [0.15, 0.2) is 30.3 Å². The van der Waals surface area contributed by atoms with Gasteiger partial charge in [0.25, 0.3) is 0 Å². The lowest BCUT2D eigenvalue weighted by molar-refractivity contribution is -0.144. The number of hydrogen-bond acceptors (Lipinski definition) is 3. The van der Waals surface area contributed by atoms with Crippen LogP contribution in [0.25, 0.3) is 0 Å². The van der Waals surface area contributed by atoms with Crippen LogP contribution in [0.5, 0.6) is 0 Å². The third-order valence-corrected chi connectivity index (χ3v) is 4.23. The molecule has 0 aliphatic carbocycles. The molecule has 0 spiro atoms. The molecule has 0 saturated carbocycles. The summed E-state index contributed by atoms with van der Waals surface area (Å²) in [6.07, 6.45) is 4.10. The highest BCUT2D eigenvalue weighted by Gasteiger charge is 2.32. The predicted octanol–water partition coefficient (Wildman–Crippen LogP) is 3.63. The van der Waals surface area contributed by atoms with E-state index >= 15 is 0 Å². The van der Waals surface area contributed by atoms with Gasteiger partial charge in [-0.25, -0.2) is 0 Å². The minimum atomic E-state index is -0.0423. The Morgan fingerprint density at radius 3 is 2.71 bits per heavy atom. The van der Waals surface area contributed by atoms with E-state index in [1.807, 2.05) is 6.92 Å². The Hall–Kier alpha value is -1.35. The quantitative estimate of drug-likeness (QED) is 0.718. The summed E-state index contributed by atoms with van der Waals surface area (Å²) in [5, 5.41) is 0. The van der Waals surface area contributed by atoms with E-state index in [2.05, 4.69) is 42.2 Å². The number of esters is 1. The Balaban J connectivity index is 1.93. The molecule has 0 aromatic heterocycles. The molecule has 2 rings (SSSR count).